The summed E-state index contributed by atoms with van der Waals surface area (Å²) in [6, 6.07) is 3.38. The Morgan fingerprint density at radius 2 is 2.14 bits per heavy atom. The number of alkyl halides is 3. The van der Waals surface area contributed by atoms with Gasteiger partial charge < -0.3 is 25.0 Å². The van der Waals surface area contributed by atoms with Gasteiger partial charge in [0.2, 0.25) is 5.91 Å². The zero-order chi connectivity index (χ0) is 27.2. The highest BCUT2D eigenvalue weighted by Gasteiger charge is 2.31. The maximum Gasteiger partial charge on any atom is 0.416 e. The lowest BCUT2D eigenvalue weighted by Gasteiger charge is -2.35. The first-order chi connectivity index (χ1) is 17.5. The van der Waals surface area contributed by atoms with E-state index in [0.29, 0.717) is 25.2 Å². The zero-order valence-electron chi connectivity index (χ0n) is 21.1. The van der Waals surface area contributed by atoms with Gasteiger partial charge in [0.25, 0.3) is 0 Å². The average molecular weight is 527 g/mol. The highest BCUT2D eigenvalue weighted by atomic mass is 19.4. The van der Waals surface area contributed by atoms with Gasteiger partial charge >= 0.3 is 12.2 Å². The molecule has 3 rings (SSSR count). The highest BCUT2D eigenvalue weighted by Crippen LogP contribution is 2.30. The smallest absolute Gasteiger partial charge is 0.394 e. The van der Waals surface area contributed by atoms with Gasteiger partial charge in [-0.05, 0) is 31.5 Å². The number of nitrogens with one attached hydrogen (secondary N) is 1. The summed E-state index contributed by atoms with van der Waals surface area (Å²) < 4.78 is 46.8. The molecule has 204 valence electrons. The van der Waals surface area contributed by atoms with Gasteiger partial charge in [0.1, 0.15) is 5.69 Å². The second kappa shape index (κ2) is 12.4. The minimum absolute atomic E-state index is 0.0146. The quantitative estimate of drug-likeness (QED) is 0.620. The van der Waals surface area contributed by atoms with Crippen LogP contribution in [-0.4, -0.2) is 80.7 Å². The molecule has 2 bridgehead atoms. The molecule has 2 N–H and O–H groups in total. The molecule has 0 fully saturated rings. The molecule has 13 heteroatoms. The van der Waals surface area contributed by atoms with Crippen LogP contribution < -0.4 is 5.32 Å². The van der Waals surface area contributed by atoms with Crippen molar-refractivity contribution in [2.75, 3.05) is 32.1 Å². The van der Waals surface area contributed by atoms with E-state index in [1.165, 1.54) is 24.1 Å². The number of aryl methyl sites for hydroxylation is 1. The van der Waals surface area contributed by atoms with Crippen LogP contribution in [0.1, 0.15) is 37.9 Å². The number of benzene rings is 1. The Labute approximate surface area is 213 Å². The molecule has 0 unspecified atom stereocenters. The van der Waals surface area contributed by atoms with Crippen LogP contribution in [0.2, 0.25) is 0 Å². The molecule has 0 spiro atoms. The molecule has 3 amide bonds. The fourth-order valence-corrected chi connectivity index (χ4v) is 4.04. The molecule has 1 aromatic heterocycles. The number of ether oxygens (including phenoxy) is 1. The fourth-order valence-electron chi connectivity index (χ4n) is 4.04. The Hall–Kier alpha value is -3.19. The van der Waals surface area contributed by atoms with Gasteiger partial charge in [0.05, 0.1) is 37.1 Å². The number of aliphatic hydroxyl groups is 1. The van der Waals surface area contributed by atoms with E-state index in [-0.39, 0.29) is 43.7 Å². The highest BCUT2D eigenvalue weighted by molar-refractivity contribution is 5.89. The lowest BCUT2D eigenvalue weighted by molar-refractivity contribution is -0.137. The maximum atomic E-state index is 13.0. The maximum absolute atomic E-state index is 13.0. The second-order valence-corrected chi connectivity index (χ2v) is 9.37. The van der Waals surface area contributed by atoms with Gasteiger partial charge in [0, 0.05) is 44.7 Å². The van der Waals surface area contributed by atoms with Gasteiger partial charge in [-0.3, -0.25) is 9.48 Å². The molecule has 37 heavy (non-hydrogen) atoms. The largest absolute Gasteiger partial charge is 0.416 e. The van der Waals surface area contributed by atoms with Crippen LogP contribution in [0, 0.1) is 5.92 Å². The van der Waals surface area contributed by atoms with Crippen molar-refractivity contribution in [2.45, 2.75) is 58.2 Å². The average Bonchev–Trinajstić information content (AvgIpc) is 3.31. The molecule has 0 radical (unpaired) electrons. The lowest BCUT2D eigenvalue weighted by Crippen LogP contribution is -2.48. The molecule has 0 aliphatic carbocycles. The number of aliphatic hydroxyl groups excluding tert-OH is 1. The van der Waals surface area contributed by atoms with Crippen molar-refractivity contribution in [3.63, 3.8) is 0 Å². The van der Waals surface area contributed by atoms with E-state index in [0.717, 1.165) is 12.1 Å². The Morgan fingerprint density at radius 1 is 1.38 bits per heavy atom. The predicted octanol–water partition coefficient (Wildman–Crippen LogP) is 2.99. The number of rotatable bonds is 5. The molecular formula is C24H33F3N6O4. The Morgan fingerprint density at radius 3 is 2.84 bits per heavy atom. The van der Waals surface area contributed by atoms with Gasteiger partial charge in [-0.1, -0.05) is 18.2 Å². The minimum Gasteiger partial charge on any atom is -0.394 e. The summed E-state index contributed by atoms with van der Waals surface area (Å²) in [6.45, 7) is 4.46. The predicted molar refractivity (Wildman–Crippen MR) is 128 cm³/mol. The summed E-state index contributed by atoms with van der Waals surface area (Å²) in [5.41, 5.74) is -0.254. The number of hydrogen-bond acceptors (Lipinski definition) is 6. The number of carbonyl (C=O) groups is 2. The number of halogens is 3. The summed E-state index contributed by atoms with van der Waals surface area (Å²) in [5, 5.41) is 20.3. The molecule has 1 aliphatic heterocycles. The number of hydrogen-bond donors (Lipinski definition) is 2. The summed E-state index contributed by atoms with van der Waals surface area (Å²) >= 11 is 0. The molecule has 0 saturated carbocycles. The SMILES string of the molecule is C[C@@H]1CN([C@H](C)CO)C(=O)CCCn2cc(nn2)CO[C@@H]1CN(C)C(=O)Nc1cccc(C(F)(F)F)c1. The van der Waals surface area contributed by atoms with Crippen LogP contribution in [0.25, 0.3) is 0 Å². The van der Waals surface area contributed by atoms with Crippen LogP contribution >= 0.6 is 0 Å². The summed E-state index contributed by atoms with van der Waals surface area (Å²) in [6.07, 6.45) is -2.50. The van der Waals surface area contributed by atoms with E-state index >= 15 is 0 Å². The molecule has 3 atom stereocenters. The normalized spacial score (nSPS) is 20.4. The van der Waals surface area contributed by atoms with Crippen molar-refractivity contribution < 1.29 is 32.6 Å². The van der Waals surface area contributed by atoms with Crippen molar-refractivity contribution >= 4 is 17.6 Å². The first-order valence-corrected chi connectivity index (χ1v) is 12.1. The number of amides is 3. The minimum atomic E-state index is -4.53. The molecule has 1 aromatic carbocycles. The van der Waals surface area contributed by atoms with E-state index in [1.807, 2.05) is 6.92 Å². The number of carbonyl (C=O) groups excluding carboxylic acids is 2. The van der Waals surface area contributed by atoms with Crippen LogP contribution in [0.15, 0.2) is 30.5 Å². The van der Waals surface area contributed by atoms with Crippen LogP contribution in [0.5, 0.6) is 0 Å². The van der Waals surface area contributed by atoms with Gasteiger partial charge in [-0.2, -0.15) is 13.2 Å². The molecular weight excluding hydrogens is 493 g/mol. The van der Waals surface area contributed by atoms with E-state index in [9.17, 15) is 27.9 Å². The van der Waals surface area contributed by atoms with Crippen LogP contribution in [0.4, 0.5) is 23.7 Å². The van der Waals surface area contributed by atoms with Crippen molar-refractivity contribution in [3.8, 4) is 0 Å². The third-order valence-corrected chi connectivity index (χ3v) is 6.29. The zero-order valence-corrected chi connectivity index (χ0v) is 21.1. The molecule has 1 aliphatic rings. The van der Waals surface area contributed by atoms with Crippen molar-refractivity contribution in [2.24, 2.45) is 5.92 Å². The Kier molecular flexibility index (Phi) is 9.49. The second-order valence-electron chi connectivity index (χ2n) is 9.37. The molecule has 0 saturated heterocycles. The molecule has 10 nitrogen and oxygen atoms in total. The summed E-state index contributed by atoms with van der Waals surface area (Å²) in [4.78, 5) is 28.7. The van der Waals surface area contributed by atoms with Gasteiger partial charge in [-0.15, -0.1) is 5.10 Å². The Bertz CT molecular complexity index is 1060. The topological polar surface area (TPSA) is 113 Å². The molecule has 2 heterocycles. The van der Waals surface area contributed by atoms with Crippen molar-refractivity contribution in [1.82, 2.24) is 24.8 Å². The third kappa shape index (κ3) is 7.89. The first kappa shape index (κ1) is 28.4. The number of fused-ring (bicyclic) bond motifs is 2. The van der Waals surface area contributed by atoms with Crippen molar-refractivity contribution in [1.29, 1.82) is 0 Å². The summed E-state index contributed by atoms with van der Waals surface area (Å²) in [5.74, 6) is -0.361. The van der Waals surface area contributed by atoms with E-state index in [1.54, 1.807) is 22.7 Å². The van der Waals surface area contributed by atoms with E-state index in [2.05, 4.69) is 15.6 Å². The van der Waals surface area contributed by atoms with Crippen LogP contribution in [0.3, 0.4) is 0 Å². The third-order valence-electron chi connectivity index (χ3n) is 6.29. The number of anilines is 1. The van der Waals surface area contributed by atoms with E-state index < -0.39 is 29.9 Å². The van der Waals surface area contributed by atoms with Crippen molar-refractivity contribution in [3.05, 3.63) is 41.7 Å². The fraction of sp³-hybridized carbons (Fsp3) is 0.583. The summed E-state index contributed by atoms with van der Waals surface area (Å²) in [7, 11) is 1.51. The van der Waals surface area contributed by atoms with Crippen LogP contribution in [-0.2, 0) is 28.9 Å². The monoisotopic (exact) mass is 526 g/mol. The standard InChI is InChI=1S/C24H33F3N6O4/c1-16-11-33(17(2)14-34)22(35)8-5-9-32-12-20(29-30-32)15-37-21(16)13-31(3)23(36)28-19-7-4-6-18(10-19)24(25,26)27/h4,6-7,10,12,16-17,21,34H,5,8-9,11,13-15H2,1-3H3,(H,28,36)/t16-,17-,21-/m1/s1. The van der Waals surface area contributed by atoms with E-state index in [4.69, 9.17) is 4.74 Å². The first-order valence-electron chi connectivity index (χ1n) is 12.1. The van der Waals surface area contributed by atoms with Gasteiger partial charge in [-0.25, -0.2) is 4.79 Å². The number of urea groups is 1. The molecule has 2 aromatic rings. The Balaban J connectivity index is 1.75. The number of nitrogens with zero attached hydrogens (tertiary/aromatic N) is 5. The number of likely N-dealkylation sites (N-methyl/N-ethyl adjacent to an activating group) is 1. The number of aromatic nitrogens is 3. The van der Waals surface area contributed by atoms with Gasteiger partial charge in [0.15, 0.2) is 0 Å². The lowest BCUT2D eigenvalue weighted by atomic mass is 10.0.